The Morgan fingerprint density at radius 2 is 1.77 bits per heavy atom. The normalized spacial score (nSPS) is 14.7. The Labute approximate surface area is 185 Å². The second-order valence-electron chi connectivity index (χ2n) is 7.05. The van der Waals surface area contributed by atoms with Crippen molar-refractivity contribution in [3.8, 4) is 0 Å². The molecule has 0 spiro atoms. The number of aromatic nitrogens is 2. The largest absolute Gasteiger partial charge is 0.480 e. The van der Waals surface area contributed by atoms with Crippen LogP contribution in [0.4, 0.5) is 0 Å². The van der Waals surface area contributed by atoms with Crippen molar-refractivity contribution in [2.45, 2.75) is 56.8 Å². The number of aromatic amines is 1. The van der Waals surface area contributed by atoms with Crippen molar-refractivity contribution < 1.29 is 24.3 Å². The highest BCUT2D eigenvalue weighted by Crippen LogP contribution is 2.04. The van der Waals surface area contributed by atoms with Crippen LogP contribution in [0.25, 0.3) is 0 Å². The number of nitrogens with one attached hydrogen (secondary N) is 4. The number of hydrogen-bond donors (Lipinski definition) is 8. The van der Waals surface area contributed by atoms with Gasteiger partial charge < -0.3 is 37.5 Å². The smallest absolute Gasteiger partial charge is 0.325 e. The van der Waals surface area contributed by atoms with Gasteiger partial charge in [0.1, 0.15) is 18.1 Å². The van der Waals surface area contributed by atoms with Crippen LogP contribution in [-0.2, 0) is 25.6 Å². The predicted molar refractivity (Wildman–Crippen MR) is 116 cm³/mol. The summed E-state index contributed by atoms with van der Waals surface area (Å²) in [6.07, 6.45) is 4.83. The summed E-state index contributed by atoms with van der Waals surface area (Å²) in [6.45, 7) is 1.79. The van der Waals surface area contributed by atoms with Crippen LogP contribution in [0.15, 0.2) is 12.5 Å². The molecule has 1 aromatic rings. The van der Waals surface area contributed by atoms with Crippen molar-refractivity contribution in [3.05, 3.63) is 18.2 Å². The lowest BCUT2D eigenvalue weighted by Crippen LogP contribution is -2.58. The van der Waals surface area contributed by atoms with Crippen LogP contribution in [0, 0.1) is 0 Å². The lowest BCUT2D eigenvalue weighted by molar-refractivity contribution is -0.141. The topological polar surface area (TPSA) is 205 Å². The molecule has 4 unspecified atom stereocenters. The standard InChI is InChI=1S/C18H31N7O5S/c1-10(18(29)30)23-17(28)14(8-31)25-16(27)13(6-11-7-21-9-22-11)24-15(26)12(20)4-2-3-5-19/h7,9-10,12-14,31H,2-6,8,19-20H2,1H3,(H,21,22)(H,23,28)(H,24,26)(H,25,27)(H,29,30). The first kappa shape index (κ1) is 26.4. The molecule has 9 N–H and O–H groups in total. The fraction of sp³-hybridized carbons (Fsp3) is 0.611. The molecule has 1 rings (SSSR count). The molecule has 1 heterocycles. The average molecular weight is 458 g/mol. The third-order valence-corrected chi connectivity index (χ3v) is 4.83. The van der Waals surface area contributed by atoms with E-state index in [0.29, 0.717) is 25.1 Å². The second kappa shape index (κ2) is 13.6. The van der Waals surface area contributed by atoms with Gasteiger partial charge in [-0.3, -0.25) is 19.2 Å². The minimum atomic E-state index is -1.22. The highest BCUT2D eigenvalue weighted by molar-refractivity contribution is 7.80. The van der Waals surface area contributed by atoms with Crippen molar-refractivity contribution in [2.75, 3.05) is 12.3 Å². The van der Waals surface area contributed by atoms with E-state index in [-0.39, 0.29) is 12.2 Å². The van der Waals surface area contributed by atoms with Gasteiger partial charge >= 0.3 is 5.97 Å². The van der Waals surface area contributed by atoms with Gasteiger partial charge in [-0.05, 0) is 26.3 Å². The molecule has 0 aliphatic rings. The molecule has 0 bridgehead atoms. The van der Waals surface area contributed by atoms with E-state index in [0.717, 1.165) is 6.42 Å². The second-order valence-corrected chi connectivity index (χ2v) is 7.41. The first-order chi connectivity index (χ1) is 14.7. The van der Waals surface area contributed by atoms with Gasteiger partial charge in [0.2, 0.25) is 17.7 Å². The lowest BCUT2D eigenvalue weighted by atomic mass is 10.1. The number of hydrogen-bond acceptors (Lipinski definition) is 8. The van der Waals surface area contributed by atoms with Gasteiger partial charge in [-0.15, -0.1) is 0 Å². The number of carbonyl (C=O) groups excluding carboxylic acids is 3. The Balaban J connectivity index is 2.83. The zero-order valence-corrected chi connectivity index (χ0v) is 18.2. The Morgan fingerprint density at radius 1 is 1.13 bits per heavy atom. The van der Waals surface area contributed by atoms with Crippen LogP contribution in [0.1, 0.15) is 31.9 Å². The molecule has 0 saturated carbocycles. The quantitative estimate of drug-likeness (QED) is 0.114. The van der Waals surface area contributed by atoms with Crippen molar-refractivity contribution in [3.63, 3.8) is 0 Å². The minimum Gasteiger partial charge on any atom is -0.480 e. The van der Waals surface area contributed by atoms with E-state index >= 15 is 0 Å². The number of aliphatic carboxylic acids is 1. The fourth-order valence-electron chi connectivity index (χ4n) is 2.59. The number of unbranched alkanes of at least 4 members (excludes halogenated alkanes) is 1. The number of nitrogens with zero attached hydrogens (tertiary/aromatic N) is 1. The Kier molecular flexibility index (Phi) is 11.6. The zero-order chi connectivity index (χ0) is 23.4. The molecule has 0 aliphatic heterocycles. The lowest BCUT2D eigenvalue weighted by Gasteiger charge is -2.23. The molecule has 0 radical (unpaired) electrons. The van der Waals surface area contributed by atoms with Crippen molar-refractivity contribution in [2.24, 2.45) is 11.5 Å². The Hall–Kier alpha value is -2.64. The maximum atomic E-state index is 12.8. The third kappa shape index (κ3) is 9.36. The molecule has 12 nitrogen and oxygen atoms in total. The van der Waals surface area contributed by atoms with E-state index in [2.05, 4.69) is 38.5 Å². The maximum absolute atomic E-state index is 12.8. The van der Waals surface area contributed by atoms with Crippen molar-refractivity contribution in [1.29, 1.82) is 0 Å². The molecule has 4 atom stereocenters. The summed E-state index contributed by atoms with van der Waals surface area (Å²) in [5.74, 6) is -3.15. The fourth-order valence-corrected chi connectivity index (χ4v) is 2.84. The van der Waals surface area contributed by atoms with Crippen LogP contribution in [0.5, 0.6) is 0 Å². The number of H-pyrrole nitrogens is 1. The van der Waals surface area contributed by atoms with E-state index in [9.17, 15) is 19.2 Å². The summed E-state index contributed by atoms with van der Waals surface area (Å²) < 4.78 is 0. The first-order valence-corrected chi connectivity index (χ1v) is 10.5. The van der Waals surface area contributed by atoms with Gasteiger partial charge in [0.25, 0.3) is 0 Å². The average Bonchev–Trinajstić information content (AvgIpc) is 3.24. The summed E-state index contributed by atoms with van der Waals surface area (Å²) in [7, 11) is 0. The molecular weight excluding hydrogens is 426 g/mol. The monoisotopic (exact) mass is 457 g/mol. The van der Waals surface area contributed by atoms with E-state index in [1.54, 1.807) is 0 Å². The van der Waals surface area contributed by atoms with Gasteiger partial charge in [0.05, 0.1) is 12.4 Å². The van der Waals surface area contributed by atoms with E-state index < -0.39 is 47.9 Å². The highest BCUT2D eigenvalue weighted by atomic mass is 32.1. The number of imidazole rings is 1. The first-order valence-electron chi connectivity index (χ1n) is 9.87. The third-order valence-electron chi connectivity index (χ3n) is 4.46. The minimum absolute atomic E-state index is 0.0762. The molecule has 0 fully saturated rings. The number of carboxylic acids is 1. The predicted octanol–water partition coefficient (Wildman–Crippen LogP) is -2.10. The van der Waals surface area contributed by atoms with E-state index in [4.69, 9.17) is 16.6 Å². The summed E-state index contributed by atoms with van der Waals surface area (Å²) >= 11 is 4.05. The van der Waals surface area contributed by atoms with Gasteiger partial charge in [0.15, 0.2) is 0 Å². The maximum Gasteiger partial charge on any atom is 0.325 e. The number of carboxylic acid groups (broad SMARTS) is 1. The molecule has 0 saturated heterocycles. The van der Waals surface area contributed by atoms with Gasteiger partial charge in [-0.2, -0.15) is 12.6 Å². The number of carbonyl (C=O) groups is 4. The SMILES string of the molecule is CC(NC(=O)C(CS)NC(=O)C(Cc1cnc[nH]1)NC(=O)C(N)CCCCN)C(=O)O. The summed E-state index contributed by atoms with van der Waals surface area (Å²) in [6, 6.07) is -4.10. The molecule has 174 valence electrons. The Bertz CT molecular complexity index is 731. The molecule has 0 aliphatic carbocycles. The van der Waals surface area contributed by atoms with Crippen LogP contribution in [0.2, 0.25) is 0 Å². The number of amides is 3. The molecule has 3 amide bonds. The van der Waals surface area contributed by atoms with Crippen LogP contribution in [0.3, 0.4) is 0 Å². The summed E-state index contributed by atoms with van der Waals surface area (Å²) in [5.41, 5.74) is 11.9. The summed E-state index contributed by atoms with van der Waals surface area (Å²) in [5, 5.41) is 16.3. The van der Waals surface area contributed by atoms with Crippen molar-refractivity contribution in [1.82, 2.24) is 25.9 Å². The van der Waals surface area contributed by atoms with Crippen molar-refractivity contribution >= 4 is 36.3 Å². The van der Waals surface area contributed by atoms with Gasteiger partial charge in [0, 0.05) is 24.1 Å². The zero-order valence-electron chi connectivity index (χ0n) is 17.3. The van der Waals surface area contributed by atoms with Crippen LogP contribution >= 0.6 is 12.6 Å². The van der Waals surface area contributed by atoms with E-state index in [1.807, 2.05) is 0 Å². The molecule has 13 heteroatoms. The number of thiol groups is 1. The highest BCUT2D eigenvalue weighted by Gasteiger charge is 2.29. The van der Waals surface area contributed by atoms with Gasteiger partial charge in [-0.1, -0.05) is 6.42 Å². The van der Waals surface area contributed by atoms with Crippen LogP contribution in [-0.4, -0.2) is 75.2 Å². The molecule has 1 aromatic heterocycles. The molecular formula is C18H31N7O5S. The molecule has 0 aromatic carbocycles. The van der Waals surface area contributed by atoms with E-state index in [1.165, 1.54) is 19.4 Å². The van der Waals surface area contributed by atoms with Gasteiger partial charge in [-0.25, -0.2) is 4.98 Å². The summed E-state index contributed by atoms with van der Waals surface area (Å²) in [4.78, 5) is 55.2. The number of nitrogens with two attached hydrogens (primary N) is 2. The molecule has 31 heavy (non-hydrogen) atoms. The number of rotatable bonds is 14. The van der Waals surface area contributed by atoms with Crippen LogP contribution < -0.4 is 27.4 Å². The Morgan fingerprint density at radius 3 is 2.32 bits per heavy atom.